The molecular formula is C13H23N3S. The maximum atomic E-state index is 4.61. The average Bonchev–Trinajstić information content (AvgIpc) is 2.54. The Hall–Kier alpha value is -0.510. The van der Waals surface area contributed by atoms with Crippen molar-refractivity contribution < 1.29 is 0 Å². The summed E-state index contributed by atoms with van der Waals surface area (Å²) >= 11 is 4.61. The smallest absolute Gasteiger partial charge is 0.147 e. The number of hydrogen-bond donors (Lipinski definition) is 1. The summed E-state index contributed by atoms with van der Waals surface area (Å²) in [5, 5.41) is 4.50. The van der Waals surface area contributed by atoms with Gasteiger partial charge in [-0.25, -0.2) is 9.67 Å². The molecule has 0 spiro atoms. The van der Waals surface area contributed by atoms with Gasteiger partial charge in [-0.3, -0.25) is 0 Å². The van der Waals surface area contributed by atoms with E-state index in [0.29, 0.717) is 5.41 Å². The van der Waals surface area contributed by atoms with E-state index < -0.39 is 0 Å². The normalized spacial score (nSPS) is 20.2. The van der Waals surface area contributed by atoms with E-state index in [1.807, 2.05) is 13.8 Å². The van der Waals surface area contributed by atoms with Crippen molar-refractivity contribution in [2.75, 3.05) is 5.75 Å². The number of thiol groups is 1. The Morgan fingerprint density at radius 3 is 2.29 bits per heavy atom. The van der Waals surface area contributed by atoms with Crippen LogP contribution in [0.2, 0.25) is 0 Å². The molecule has 0 radical (unpaired) electrons. The third-order valence-electron chi connectivity index (χ3n) is 3.95. The summed E-state index contributed by atoms with van der Waals surface area (Å²) in [5.74, 6) is 2.88. The van der Waals surface area contributed by atoms with Gasteiger partial charge in [0, 0.05) is 6.54 Å². The summed E-state index contributed by atoms with van der Waals surface area (Å²) in [6.07, 6.45) is 8.01. The fourth-order valence-corrected chi connectivity index (χ4v) is 3.29. The minimum atomic E-state index is 0.338. The van der Waals surface area contributed by atoms with Gasteiger partial charge in [0.05, 0.1) is 0 Å². The first kappa shape index (κ1) is 12.9. The van der Waals surface area contributed by atoms with E-state index in [0.717, 1.165) is 23.9 Å². The van der Waals surface area contributed by atoms with Crippen LogP contribution in [-0.2, 0) is 6.54 Å². The van der Waals surface area contributed by atoms with Crippen LogP contribution in [-0.4, -0.2) is 20.5 Å². The molecule has 1 heterocycles. The first-order valence-electron chi connectivity index (χ1n) is 6.64. The summed E-state index contributed by atoms with van der Waals surface area (Å²) in [6, 6.07) is 0. The second-order valence-electron chi connectivity index (χ2n) is 5.44. The van der Waals surface area contributed by atoms with Crippen LogP contribution in [0.25, 0.3) is 0 Å². The Kier molecular flexibility index (Phi) is 4.13. The zero-order valence-corrected chi connectivity index (χ0v) is 11.8. The lowest BCUT2D eigenvalue weighted by molar-refractivity contribution is 0.228. The quantitative estimate of drug-likeness (QED) is 0.662. The van der Waals surface area contributed by atoms with Crippen LogP contribution in [0.5, 0.6) is 0 Å². The number of hydrogen-bond acceptors (Lipinski definition) is 3. The van der Waals surface area contributed by atoms with Gasteiger partial charge in [0.2, 0.25) is 0 Å². The summed E-state index contributed by atoms with van der Waals surface area (Å²) in [5.41, 5.74) is 0.338. The van der Waals surface area contributed by atoms with Gasteiger partial charge >= 0.3 is 0 Å². The van der Waals surface area contributed by atoms with E-state index in [2.05, 4.69) is 27.4 Å². The van der Waals surface area contributed by atoms with Crippen molar-refractivity contribution in [1.29, 1.82) is 0 Å². The Bertz CT molecular complexity index is 365. The molecule has 96 valence electrons. The fraction of sp³-hybridized carbons (Fsp3) is 0.846. The fourth-order valence-electron chi connectivity index (χ4n) is 2.87. The van der Waals surface area contributed by atoms with Crippen LogP contribution < -0.4 is 0 Å². The van der Waals surface area contributed by atoms with Crippen molar-refractivity contribution in [2.24, 2.45) is 5.41 Å². The molecule has 2 rings (SSSR count). The predicted molar refractivity (Wildman–Crippen MR) is 73.5 cm³/mol. The van der Waals surface area contributed by atoms with Gasteiger partial charge in [0.1, 0.15) is 11.6 Å². The van der Waals surface area contributed by atoms with E-state index in [9.17, 15) is 0 Å². The molecule has 1 aromatic heterocycles. The third kappa shape index (κ3) is 3.03. The van der Waals surface area contributed by atoms with Crippen molar-refractivity contribution in [2.45, 2.75) is 58.9 Å². The molecule has 0 aromatic carbocycles. The lowest BCUT2D eigenvalue weighted by Gasteiger charge is -2.31. The molecule has 17 heavy (non-hydrogen) atoms. The molecule has 0 unspecified atom stereocenters. The molecule has 4 heteroatoms. The molecule has 0 atom stereocenters. The van der Waals surface area contributed by atoms with Crippen molar-refractivity contribution in [1.82, 2.24) is 14.8 Å². The molecular weight excluding hydrogens is 230 g/mol. The summed E-state index contributed by atoms with van der Waals surface area (Å²) in [4.78, 5) is 4.39. The van der Waals surface area contributed by atoms with E-state index >= 15 is 0 Å². The Balaban J connectivity index is 2.15. The molecule has 0 N–H and O–H groups in total. The SMILES string of the molecule is Cc1nc(C)n(CC2(CS)CCCCCC2)n1. The summed E-state index contributed by atoms with van der Waals surface area (Å²) in [7, 11) is 0. The van der Waals surface area contributed by atoms with Crippen molar-refractivity contribution in [3.63, 3.8) is 0 Å². The molecule has 0 bridgehead atoms. The van der Waals surface area contributed by atoms with Crippen LogP contribution >= 0.6 is 12.6 Å². The molecule has 1 saturated carbocycles. The van der Waals surface area contributed by atoms with E-state index in [1.54, 1.807) is 0 Å². The number of nitrogens with zero attached hydrogens (tertiary/aromatic N) is 3. The minimum Gasteiger partial charge on any atom is -0.250 e. The standard InChI is InChI=1S/C13H23N3S/c1-11-14-12(2)16(15-11)9-13(10-17)7-5-3-4-6-8-13/h17H,3-10H2,1-2H3. The van der Waals surface area contributed by atoms with Crippen LogP contribution in [0.1, 0.15) is 50.2 Å². The van der Waals surface area contributed by atoms with Gasteiger partial charge in [-0.05, 0) is 37.9 Å². The van der Waals surface area contributed by atoms with Gasteiger partial charge in [0.15, 0.2) is 0 Å². The van der Waals surface area contributed by atoms with Crippen molar-refractivity contribution >= 4 is 12.6 Å². The van der Waals surface area contributed by atoms with Crippen LogP contribution in [0, 0.1) is 19.3 Å². The maximum absolute atomic E-state index is 4.61. The Labute approximate surface area is 109 Å². The zero-order chi connectivity index (χ0) is 12.3. The molecule has 1 fully saturated rings. The van der Waals surface area contributed by atoms with Crippen molar-refractivity contribution in [3.8, 4) is 0 Å². The van der Waals surface area contributed by atoms with E-state index in [4.69, 9.17) is 0 Å². The highest BCUT2D eigenvalue weighted by atomic mass is 32.1. The van der Waals surface area contributed by atoms with Gasteiger partial charge in [0.25, 0.3) is 0 Å². The summed E-state index contributed by atoms with van der Waals surface area (Å²) < 4.78 is 2.08. The van der Waals surface area contributed by atoms with Crippen LogP contribution in [0.4, 0.5) is 0 Å². The van der Waals surface area contributed by atoms with Gasteiger partial charge in [-0.15, -0.1) is 0 Å². The second-order valence-corrected chi connectivity index (χ2v) is 5.75. The average molecular weight is 253 g/mol. The molecule has 1 aliphatic rings. The van der Waals surface area contributed by atoms with Gasteiger partial charge < -0.3 is 0 Å². The van der Waals surface area contributed by atoms with Crippen LogP contribution in [0.15, 0.2) is 0 Å². The topological polar surface area (TPSA) is 30.7 Å². The molecule has 3 nitrogen and oxygen atoms in total. The first-order chi connectivity index (χ1) is 8.15. The maximum Gasteiger partial charge on any atom is 0.147 e. The van der Waals surface area contributed by atoms with Crippen molar-refractivity contribution in [3.05, 3.63) is 11.6 Å². The zero-order valence-electron chi connectivity index (χ0n) is 10.9. The highest BCUT2D eigenvalue weighted by Gasteiger charge is 2.30. The number of rotatable bonds is 3. The Morgan fingerprint density at radius 2 is 1.82 bits per heavy atom. The Morgan fingerprint density at radius 1 is 1.18 bits per heavy atom. The predicted octanol–water partition coefficient (Wildman–Crippen LogP) is 3.17. The molecule has 0 amide bonds. The van der Waals surface area contributed by atoms with E-state index in [1.165, 1.54) is 38.5 Å². The number of aromatic nitrogens is 3. The minimum absolute atomic E-state index is 0.338. The van der Waals surface area contributed by atoms with E-state index in [-0.39, 0.29) is 0 Å². The van der Waals surface area contributed by atoms with Gasteiger partial charge in [-0.1, -0.05) is 25.7 Å². The molecule has 0 saturated heterocycles. The molecule has 1 aliphatic carbocycles. The lowest BCUT2D eigenvalue weighted by Crippen LogP contribution is -2.29. The second kappa shape index (κ2) is 5.42. The highest BCUT2D eigenvalue weighted by molar-refractivity contribution is 7.80. The monoisotopic (exact) mass is 253 g/mol. The van der Waals surface area contributed by atoms with Gasteiger partial charge in [-0.2, -0.15) is 17.7 Å². The summed E-state index contributed by atoms with van der Waals surface area (Å²) in [6.45, 7) is 5.00. The molecule has 0 aliphatic heterocycles. The lowest BCUT2D eigenvalue weighted by atomic mass is 9.82. The third-order valence-corrected chi connectivity index (χ3v) is 4.62. The largest absolute Gasteiger partial charge is 0.250 e. The number of aryl methyl sites for hydroxylation is 2. The molecule has 1 aromatic rings. The van der Waals surface area contributed by atoms with Crippen LogP contribution in [0.3, 0.4) is 0 Å². The first-order valence-corrected chi connectivity index (χ1v) is 7.27. The highest BCUT2D eigenvalue weighted by Crippen LogP contribution is 2.37.